The molecule has 0 bridgehead atoms. The van der Waals surface area contributed by atoms with Gasteiger partial charge in [-0.3, -0.25) is 14.0 Å². The van der Waals surface area contributed by atoms with Gasteiger partial charge < -0.3 is 10.2 Å². The lowest BCUT2D eigenvalue weighted by atomic mass is 10.1. The maximum Gasteiger partial charge on any atom is 0.258 e. The number of carbonyl (C=O) groups excluding carboxylic acids is 1. The fraction of sp³-hybridized carbons (Fsp3) is 0.364. The number of pyridine rings is 1. The van der Waals surface area contributed by atoms with Crippen molar-refractivity contribution in [3.8, 4) is 0 Å². The van der Waals surface area contributed by atoms with Gasteiger partial charge in [0.05, 0.1) is 15.6 Å². The molecule has 1 amide bonds. The van der Waals surface area contributed by atoms with Crippen LogP contribution in [0.1, 0.15) is 35.4 Å². The minimum atomic E-state index is -0.358. The Morgan fingerprint density at radius 1 is 1.39 bits per heavy atom. The van der Waals surface area contributed by atoms with E-state index in [9.17, 15) is 9.59 Å². The van der Waals surface area contributed by atoms with Crippen molar-refractivity contribution in [3.05, 3.63) is 51.0 Å². The lowest BCUT2D eigenvalue weighted by molar-refractivity contribution is 0.0951. The molecule has 4 heterocycles. The van der Waals surface area contributed by atoms with E-state index in [1.807, 2.05) is 16.5 Å². The number of hydrogen-bond donors (Lipinski definition) is 1. The lowest BCUT2D eigenvalue weighted by Crippen LogP contribution is -2.34. The summed E-state index contributed by atoms with van der Waals surface area (Å²) in [5.74, 6) is 0.197. The normalized spacial score (nSPS) is 17.2. The Labute approximate surface area is 187 Å². The van der Waals surface area contributed by atoms with Crippen LogP contribution >= 0.6 is 22.9 Å². The first-order valence-electron chi connectivity index (χ1n) is 10.3. The van der Waals surface area contributed by atoms with Gasteiger partial charge in [0, 0.05) is 23.8 Å². The van der Waals surface area contributed by atoms with E-state index < -0.39 is 0 Å². The fourth-order valence-corrected chi connectivity index (χ4v) is 5.72. The summed E-state index contributed by atoms with van der Waals surface area (Å²) in [5.41, 5.74) is 1.10. The van der Waals surface area contributed by atoms with E-state index in [1.54, 1.807) is 13.0 Å². The van der Waals surface area contributed by atoms with Crippen molar-refractivity contribution in [2.45, 2.75) is 32.2 Å². The Morgan fingerprint density at radius 3 is 3.00 bits per heavy atom. The number of carbonyl (C=O) groups is 1. The molecule has 1 unspecified atom stereocenters. The van der Waals surface area contributed by atoms with E-state index >= 15 is 0 Å². The van der Waals surface area contributed by atoms with E-state index in [2.05, 4.69) is 27.2 Å². The average Bonchev–Trinajstić information content (AvgIpc) is 3.31. The zero-order valence-corrected chi connectivity index (χ0v) is 18.9. The van der Waals surface area contributed by atoms with Crippen LogP contribution in [0.2, 0.25) is 5.02 Å². The molecular formula is C22H22ClN5O2S. The SMILES string of the molecule is Cc1ncc2c(=O)c(C(=O)NCCC3CCCN3C)c3sc4ccc(Cl)cc4n3c2n1. The number of hydrogen-bond acceptors (Lipinski definition) is 6. The number of aryl methyl sites for hydroxylation is 1. The van der Waals surface area contributed by atoms with Gasteiger partial charge in [-0.15, -0.1) is 11.3 Å². The van der Waals surface area contributed by atoms with Gasteiger partial charge in [-0.1, -0.05) is 11.6 Å². The van der Waals surface area contributed by atoms with Crippen LogP contribution in [-0.2, 0) is 0 Å². The monoisotopic (exact) mass is 455 g/mol. The Morgan fingerprint density at radius 2 is 2.23 bits per heavy atom. The smallest absolute Gasteiger partial charge is 0.258 e. The molecule has 1 aromatic carbocycles. The van der Waals surface area contributed by atoms with E-state index in [1.165, 1.54) is 24.0 Å². The summed E-state index contributed by atoms with van der Waals surface area (Å²) in [5, 5.41) is 3.87. The predicted molar refractivity (Wildman–Crippen MR) is 124 cm³/mol. The third kappa shape index (κ3) is 3.48. The highest BCUT2D eigenvalue weighted by Gasteiger charge is 2.24. The summed E-state index contributed by atoms with van der Waals surface area (Å²) in [6.45, 7) is 3.39. The number of rotatable bonds is 4. The topological polar surface area (TPSA) is 79.6 Å². The number of fused-ring (bicyclic) bond motifs is 5. The number of thiazole rings is 1. The van der Waals surface area contributed by atoms with Crippen molar-refractivity contribution in [1.29, 1.82) is 0 Å². The van der Waals surface area contributed by atoms with E-state index in [-0.39, 0.29) is 16.9 Å². The molecule has 7 nitrogen and oxygen atoms in total. The highest BCUT2D eigenvalue weighted by molar-refractivity contribution is 7.24. The fourth-order valence-electron chi connectivity index (χ4n) is 4.39. The molecule has 1 fully saturated rings. The van der Waals surface area contributed by atoms with Crippen LogP contribution in [0.5, 0.6) is 0 Å². The molecule has 0 aliphatic carbocycles. The first kappa shape index (κ1) is 20.4. The molecule has 9 heteroatoms. The van der Waals surface area contributed by atoms with Gasteiger partial charge in [-0.05, 0) is 58.0 Å². The molecule has 31 heavy (non-hydrogen) atoms. The van der Waals surface area contributed by atoms with Gasteiger partial charge in [-0.25, -0.2) is 9.97 Å². The summed E-state index contributed by atoms with van der Waals surface area (Å²) < 4.78 is 2.78. The largest absolute Gasteiger partial charge is 0.352 e. The molecule has 0 spiro atoms. The molecule has 1 atom stereocenters. The lowest BCUT2D eigenvalue weighted by Gasteiger charge is -2.19. The van der Waals surface area contributed by atoms with Gasteiger partial charge in [0.1, 0.15) is 16.2 Å². The minimum absolute atomic E-state index is 0.136. The highest BCUT2D eigenvalue weighted by Crippen LogP contribution is 2.32. The number of aromatic nitrogens is 3. The Balaban J connectivity index is 1.63. The van der Waals surface area contributed by atoms with E-state index in [4.69, 9.17) is 11.6 Å². The second-order valence-electron chi connectivity index (χ2n) is 8.03. The molecule has 1 aliphatic heterocycles. The third-order valence-corrected chi connectivity index (χ3v) is 7.40. The summed E-state index contributed by atoms with van der Waals surface area (Å²) >= 11 is 7.64. The first-order chi connectivity index (χ1) is 14.9. The van der Waals surface area contributed by atoms with Crippen LogP contribution in [0, 0.1) is 6.92 Å². The Hall–Kier alpha value is -2.55. The van der Waals surface area contributed by atoms with Gasteiger partial charge in [-0.2, -0.15) is 0 Å². The van der Waals surface area contributed by atoms with Crippen LogP contribution in [0.3, 0.4) is 0 Å². The van der Waals surface area contributed by atoms with Crippen molar-refractivity contribution < 1.29 is 4.79 Å². The molecule has 0 radical (unpaired) electrons. The summed E-state index contributed by atoms with van der Waals surface area (Å²) in [4.78, 5) is 38.1. The van der Waals surface area contributed by atoms with Gasteiger partial charge in [0.15, 0.2) is 5.65 Å². The number of nitrogens with one attached hydrogen (secondary N) is 1. The molecule has 160 valence electrons. The second-order valence-corrected chi connectivity index (χ2v) is 9.50. The van der Waals surface area contributed by atoms with Gasteiger partial charge in [0.2, 0.25) is 5.43 Å². The molecule has 3 aromatic heterocycles. The molecule has 4 aromatic rings. The van der Waals surface area contributed by atoms with Crippen molar-refractivity contribution >= 4 is 54.9 Å². The Bertz CT molecular complexity index is 1400. The molecule has 1 N–H and O–H groups in total. The van der Waals surface area contributed by atoms with Gasteiger partial charge in [0.25, 0.3) is 5.91 Å². The third-order valence-electron chi connectivity index (χ3n) is 6.02. The quantitative estimate of drug-likeness (QED) is 0.508. The van der Waals surface area contributed by atoms with Gasteiger partial charge >= 0.3 is 0 Å². The van der Waals surface area contributed by atoms with Crippen LogP contribution in [0.15, 0.2) is 29.2 Å². The van der Waals surface area contributed by atoms with Crippen LogP contribution in [0.4, 0.5) is 0 Å². The molecule has 1 aliphatic rings. The molecule has 5 rings (SSSR count). The molecule has 1 saturated heterocycles. The Kier molecular flexibility index (Phi) is 5.16. The molecule has 0 saturated carbocycles. The highest BCUT2D eigenvalue weighted by atomic mass is 35.5. The summed E-state index contributed by atoms with van der Waals surface area (Å²) in [6, 6.07) is 6.01. The summed E-state index contributed by atoms with van der Waals surface area (Å²) in [6.07, 6.45) is 4.70. The predicted octanol–water partition coefficient (Wildman–Crippen LogP) is 3.63. The molecular weight excluding hydrogens is 434 g/mol. The van der Waals surface area contributed by atoms with E-state index in [0.29, 0.717) is 39.3 Å². The minimum Gasteiger partial charge on any atom is -0.352 e. The second kappa shape index (κ2) is 7.85. The van der Waals surface area contributed by atoms with Crippen LogP contribution < -0.4 is 10.7 Å². The van der Waals surface area contributed by atoms with Crippen molar-refractivity contribution in [2.75, 3.05) is 20.1 Å². The average molecular weight is 456 g/mol. The number of likely N-dealkylation sites (tertiary alicyclic amines) is 1. The number of benzene rings is 1. The zero-order chi connectivity index (χ0) is 21.7. The standard InChI is InChI=1S/C22H22ClN5O2S/c1-12-25-11-15-19(29)18(21(30)24-8-7-14-4-3-9-27(14)2)22-28(20(15)26-12)16-10-13(23)5-6-17(16)31-22/h5-6,10-11,14H,3-4,7-9H2,1-2H3,(H,24,30). The van der Waals surface area contributed by atoms with Crippen molar-refractivity contribution in [1.82, 2.24) is 24.6 Å². The zero-order valence-electron chi connectivity index (χ0n) is 17.3. The number of halogens is 1. The first-order valence-corrected chi connectivity index (χ1v) is 11.5. The van der Waals surface area contributed by atoms with E-state index in [0.717, 1.165) is 29.6 Å². The summed E-state index contributed by atoms with van der Waals surface area (Å²) in [7, 11) is 2.11. The van der Waals surface area contributed by atoms with Crippen molar-refractivity contribution in [3.63, 3.8) is 0 Å². The van der Waals surface area contributed by atoms with Crippen LogP contribution in [0.25, 0.3) is 26.1 Å². The number of amides is 1. The van der Waals surface area contributed by atoms with Crippen LogP contribution in [-0.4, -0.2) is 51.4 Å². The number of nitrogens with zero attached hydrogens (tertiary/aromatic N) is 4. The maximum absolute atomic E-state index is 13.3. The maximum atomic E-state index is 13.3. The van der Waals surface area contributed by atoms with Crippen molar-refractivity contribution in [2.24, 2.45) is 0 Å².